The minimum atomic E-state index is -4.99. The summed E-state index contributed by atoms with van der Waals surface area (Å²) in [7, 11) is 0. The molecule has 1 aromatic rings. The third-order valence-corrected chi connectivity index (χ3v) is 2.18. The number of aldehydes is 1. The summed E-state index contributed by atoms with van der Waals surface area (Å²) in [5.41, 5.74) is -2.50. The Hall–Kier alpha value is -1.99. The van der Waals surface area contributed by atoms with Crippen LogP contribution in [0.4, 0.5) is 22.0 Å². The van der Waals surface area contributed by atoms with Crippen molar-refractivity contribution in [1.29, 1.82) is 0 Å². The molecule has 0 amide bonds. The third-order valence-electron chi connectivity index (χ3n) is 2.18. The van der Waals surface area contributed by atoms with Gasteiger partial charge in [-0.15, -0.1) is 0 Å². The Balaban J connectivity index is 3.52. The van der Waals surface area contributed by atoms with Gasteiger partial charge in [0.2, 0.25) is 0 Å². The van der Waals surface area contributed by atoms with Crippen molar-refractivity contribution < 1.29 is 36.3 Å². The lowest BCUT2D eigenvalue weighted by Crippen LogP contribution is -2.14. The number of ether oxygens (including phenoxy) is 1. The van der Waals surface area contributed by atoms with Crippen LogP contribution in [0.2, 0.25) is 0 Å². The summed E-state index contributed by atoms with van der Waals surface area (Å²) in [4.78, 5) is 21.8. The fourth-order valence-electron chi connectivity index (χ4n) is 1.41. The van der Waals surface area contributed by atoms with Crippen LogP contribution in [0.3, 0.4) is 0 Å². The Morgan fingerprint density at radius 1 is 1.32 bits per heavy atom. The first-order valence-corrected chi connectivity index (χ1v) is 4.83. The molecule has 0 aliphatic heterocycles. The molecule has 0 heterocycles. The van der Waals surface area contributed by atoms with Crippen molar-refractivity contribution in [2.45, 2.75) is 19.7 Å². The predicted molar refractivity (Wildman–Crippen MR) is 53.5 cm³/mol. The SMILES string of the molecule is CC(=O)c1cc(C(F)(F)F)c(OC(F)F)cc1C=O. The van der Waals surface area contributed by atoms with Crippen LogP contribution in [0.5, 0.6) is 5.75 Å². The van der Waals surface area contributed by atoms with E-state index in [9.17, 15) is 31.5 Å². The zero-order valence-electron chi connectivity index (χ0n) is 9.42. The normalized spacial score (nSPS) is 11.5. The van der Waals surface area contributed by atoms with Gasteiger partial charge in [-0.25, -0.2) is 0 Å². The second-order valence-corrected chi connectivity index (χ2v) is 3.49. The summed E-state index contributed by atoms with van der Waals surface area (Å²) in [6.45, 7) is -2.53. The van der Waals surface area contributed by atoms with E-state index < -0.39 is 41.0 Å². The lowest BCUT2D eigenvalue weighted by atomic mass is 10.0. The molecule has 0 N–H and O–H groups in total. The Morgan fingerprint density at radius 3 is 2.26 bits per heavy atom. The Bertz CT molecular complexity index is 508. The third kappa shape index (κ3) is 3.49. The zero-order chi connectivity index (χ0) is 14.8. The van der Waals surface area contributed by atoms with Crippen LogP contribution in [0, 0.1) is 0 Å². The number of Topliss-reactive ketones (excluding diaryl/α,β-unsaturated/α-hetero) is 1. The lowest BCUT2D eigenvalue weighted by Gasteiger charge is -2.15. The van der Waals surface area contributed by atoms with E-state index in [1.807, 2.05) is 0 Å². The zero-order valence-corrected chi connectivity index (χ0v) is 9.42. The van der Waals surface area contributed by atoms with Gasteiger partial charge in [-0.2, -0.15) is 22.0 Å². The van der Waals surface area contributed by atoms with Crippen molar-refractivity contribution in [3.05, 3.63) is 28.8 Å². The molecule has 1 rings (SSSR count). The second-order valence-electron chi connectivity index (χ2n) is 3.49. The van der Waals surface area contributed by atoms with Crippen LogP contribution in [0.15, 0.2) is 12.1 Å². The number of carbonyl (C=O) groups excluding carboxylic acids is 2. The molecule has 0 saturated carbocycles. The van der Waals surface area contributed by atoms with Crippen LogP contribution >= 0.6 is 0 Å². The number of hydrogen-bond donors (Lipinski definition) is 0. The number of rotatable bonds is 4. The maximum atomic E-state index is 12.7. The molecule has 8 heteroatoms. The van der Waals surface area contributed by atoms with E-state index in [1.165, 1.54) is 0 Å². The van der Waals surface area contributed by atoms with Gasteiger partial charge in [0, 0.05) is 11.1 Å². The average Bonchev–Trinajstić information content (AvgIpc) is 2.25. The van der Waals surface area contributed by atoms with Gasteiger partial charge in [0.1, 0.15) is 5.75 Å². The highest BCUT2D eigenvalue weighted by Gasteiger charge is 2.36. The average molecular weight is 282 g/mol. The monoisotopic (exact) mass is 282 g/mol. The maximum absolute atomic E-state index is 12.7. The van der Waals surface area contributed by atoms with Gasteiger partial charge in [-0.1, -0.05) is 0 Å². The van der Waals surface area contributed by atoms with Gasteiger partial charge < -0.3 is 4.74 Å². The van der Waals surface area contributed by atoms with E-state index in [2.05, 4.69) is 4.74 Å². The molecule has 0 saturated heterocycles. The molecule has 104 valence electrons. The summed E-state index contributed by atoms with van der Waals surface area (Å²) in [6.07, 6.45) is -4.90. The molecule has 0 spiro atoms. The molecule has 0 atom stereocenters. The number of benzene rings is 1. The minimum Gasteiger partial charge on any atom is -0.434 e. The van der Waals surface area contributed by atoms with Crippen molar-refractivity contribution in [3.63, 3.8) is 0 Å². The molecule has 3 nitrogen and oxygen atoms in total. The fourth-order valence-corrected chi connectivity index (χ4v) is 1.41. The molecular formula is C11H7F5O3. The van der Waals surface area contributed by atoms with Crippen molar-refractivity contribution in [2.24, 2.45) is 0 Å². The lowest BCUT2D eigenvalue weighted by molar-refractivity contribution is -0.141. The fraction of sp³-hybridized carbons (Fsp3) is 0.273. The number of halogens is 5. The highest BCUT2D eigenvalue weighted by Crippen LogP contribution is 2.38. The van der Waals surface area contributed by atoms with E-state index in [4.69, 9.17) is 0 Å². The Kier molecular flexibility index (Phi) is 4.23. The summed E-state index contributed by atoms with van der Waals surface area (Å²) in [5, 5.41) is 0. The summed E-state index contributed by atoms with van der Waals surface area (Å²) in [6, 6.07) is 0.794. The molecule has 0 aliphatic rings. The van der Waals surface area contributed by atoms with Gasteiger partial charge >= 0.3 is 12.8 Å². The summed E-state index contributed by atoms with van der Waals surface area (Å²) < 4.78 is 65.8. The highest BCUT2D eigenvalue weighted by atomic mass is 19.4. The van der Waals surface area contributed by atoms with Crippen LogP contribution in [-0.2, 0) is 6.18 Å². The molecule has 1 aromatic carbocycles. The molecule has 0 aromatic heterocycles. The van der Waals surface area contributed by atoms with Crippen molar-refractivity contribution in [1.82, 2.24) is 0 Å². The smallest absolute Gasteiger partial charge is 0.419 e. The van der Waals surface area contributed by atoms with Gasteiger partial charge in [0.05, 0.1) is 5.56 Å². The van der Waals surface area contributed by atoms with Gasteiger partial charge in [0.25, 0.3) is 0 Å². The van der Waals surface area contributed by atoms with E-state index >= 15 is 0 Å². The highest BCUT2D eigenvalue weighted by molar-refractivity contribution is 6.02. The molecule has 0 bridgehead atoms. The predicted octanol–water partition coefficient (Wildman–Crippen LogP) is 3.32. The van der Waals surface area contributed by atoms with Crippen LogP contribution in [-0.4, -0.2) is 18.7 Å². The van der Waals surface area contributed by atoms with E-state index in [-0.39, 0.29) is 6.29 Å². The van der Waals surface area contributed by atoms with Gasteiger partial charge in [-0.3, -0.25) is 9.59 Å². The topological polar surface area (TPSA) is 43.4 Å². The van der Waals surface area contributed by atoms with Gasteiger partial charge in [-0.05, 0) is 19.1 Å². The van der Waals surface area contributed by atoms with Crippen LogP contribution in [0.25, 0.3) is 0 Å². The molecule has 0 radical (unpaired) electrons. The van der Waals surface area contributed by atoms with Crippen molar-refractivity contribution in [3.8, 4) is 5.75 Å². The molecule has 0 fully saturated rings. The number of hydrogen-bond acceptors (Lipinski definition) is 3. The summed E-state index contributed by atoms with van der Waals surface area (Å²) in [5.74, 6) is -1.99. The van der Waals surface area contributed by atoms with Crippen LogP contribution < -0.4 is 4.74 Å². The van der Waals surface area contributed by atoms with Gasteiger partial charge in [0.15, 0.2) is 12.1 Å². The molecular weight excluding hydrogens is 275 g/mol. The van der Waals surface area contributed by atoms with Crippen molar-refractivity contribution >= 4 is 12.1 Å². The standard InChI is InChI=1S/C11H7F5O3/c1-5(18)7-3-8(11(14,15)16)9(19-10(12)13)2-6(7)4-17/h2-4,10H,1H3. The molecule has 0 unspecified atom stereocenters. The van der Waals surface area contributed by atoms with E-state index in [0.717, 1.165) is 6.92 Å². The van der Waals surface area contributed by atoms with Crippen LogP contribution in [0.1, 0.15) is 33.2 Å². The summed E-state index contributed by atoms with van der Waals surface area (Å²) >= 11 is 0. The Morgan fingerprint density at radius 2 is 1.89 bits per heavy atom. The first-order chi connectivity index (χ1) is 8.66. The minimum absolute atomic E-state index is 0.0925. The maximum Gasteiger partial charge on any atom is 0.419 e. The Labute approximate surface area is 104 Å². The first-order valence-electron chi connectivity index (χ1n) is 4.83. The quantitative estimate of drug-likeness (QED) is 0.483. The number of carbonyl (C=O) groups is 2. The molecule has 0 aliphatic carbocycles. The first kappa shape index (κ1) is 15.1. The van der Waals surface area contributed by atoms with E-state index in [0.29, 0.717) is 12.1 Å². The van der Waals surface area contributed by atoms with Crippen molar-refractivity contribution in [2.75, 3.05) is 0 Å². The largest absolute Gasteiger partial charge is 0.434 e. The number of ketones is 1. The number of alkyl halides is 5. The van der Waals surface area contributed by atoms with E-state index in [1.54, 1.807) is 0 Å². The molecule has 19 heavy (non-hydrogen) atoms. The second kappa shape index (κ2) is 5.33.